The van der Waals surface area contributed by atoms with Gasteiger partial charge in [0.1, 0.15) is 17.3 Å². The van der Waals surface area contributed by atoms with Gasteiger partial charge in [0.2, 0.25) is 0 Å². The summed E-state index contributed by atoms with van der Waals surface area (Å²) in [4.78, 5) is 13.4. The molecule has 7 rings (SSSR count). The van der Waals surface area contributed by atoms with Crippen LogP contribution in [0.3, 0.4) is 0 Å². The summed E-state index contributed by atoms with van der Waals surface area (Å²) >= 11 is 10.7. The predicted octanol–water partition coefficient (Wildman–Crippen LogP) is 9.08. The summed E-state index contributed by atoms with van der Waals surface area (Å²) in [5.41, 5.74) is 1.96. The van der Waals surface area contributed by atoms with Gasteiger partial charge < -0.3 is 9.15 Å². The van der Waals surface area contributed by atoms with E-state index < -0.39 is 17.6 Å². The van der Waals surface area contributed by atoms with E-state index in [1.165, 1.54) is 12.1 Å². The maximum Gasteiger partial charge on any atom is 0.416 e. The van der Waals surface area contributed by atoms with Gasteiger partial charge in [-0.3, -0.25) is 10.1 Å². The number of alkyl halides is 3. The smallest absolute Gasteiger partial charge is 0.416 e. The molecule has 1 saturated heterocycles. The number of hydrogen-bond acceptors (Lipinski definition) is 6. The Hall–Kier alpha value is -3.67. The first-order valence-electron chi connectivity index (χ1n) is 12.7. The molecule has 1 amide bonds. The van der Waals surface area contributed by atoms with Crippen molar-refractivity contribution in [1.29, 1.82) is 0 Å². The Morgan fingerprint density at radius 3 is 2.69 bits per heavy atom. The summed E-state index contributed by atoms with van der Waals surface area (Å²) in [5.74, 6) is -0.430. The zero-order chi connectivity index (χ0) is 29.2. The van der Waals surface area contributed by atoms with Crippen molar-refractivity contribution in [3.8, 4) is 17.1 Å². The number of rotatable bonds is 3. The van der Waals surface area contributed by atoms with Gasteiger partial charge in [-0.2, -0.15) is 18.3 Å². The topological polar surface area (TPSA) is 67.1 Å². The number of hydrogen-bond donors (Lipinski definition) is 1. The molecule has 4 heterocycles. The standard InChI is InChI=1S/C30H18BrClF3N3O3S/c31-18-7-10-26-21(13-18)24-15-23(16-4-2-1-3-5-16)37-38(24)30(41-26)27(42-28(39)36-30)14-19-8-11-25(40-19)20-12-17(29(33,34)35)6-9-22(20)32/h1-14,24H,15H2,(H,36,39)/b27-14-. The highest BCUT2D eigenvalue weighted by Crippen LogP contribution is 2.53. The third kappa shape index (κ3) is 4.60. The van der Waals surface area contributed by atoms with Gasteiger partial charge in [0.15, 0.2) is 0 Å². The van der Waals surface area contributed by atoms with Crippen LogP contribution in [0.25, 0.3) is 17.4 Å². The lowest BCUT2D eigenvalue weighted by atomic mass is 9.96. The quantitative estimate of drug-likeness (QED) is 0.235. The van der Waals surface area contributed by atoms with Crippen LogP contribution < -0.4 is 10.1 Å². The molecule has 1 aromatic heterocycles. The van der Waals surface area contributed by atoms with E-state index >= 15 is 0 Å². The molecule has 2 atom stereocenters. The third-order valence-electron chi connectivity index (χ3n) is 7.20. The summed E-state index contributed by atoms with van der Waals surface area (Å²) in [6.07, 6.45) is -2.33. The second kappa shape index (κ2) is 9.96. The van der Waals surface area contributed by atoms with Gasteiger partial charge in [-0.15, -0.1) is 0 Å². The molecule has 212 valence electrons. The SMILES string of the molecule is O=C1NC2(Oc3ccc(Br)cc3C3CC(c4ccccc4)=NN32)/C(=C/c2ccc(-c3cc(C(F)(F)F)ccc3Cl)o2)S1. The highest BCUT2D eigenvalue weighted by molar-refractivity contribution is 9.10. The molecule has 12 heteroatoms. The van der Waals surface area contributed by atoms with Crippen LogP contribution in [-0.4, -0.2) is 21.8 Å². The summed E-state index contributed by atoms with van der Waals surface area (Å²) in [7, 11) is 0. The Kier molecular flexibility index (Phi) is 6.45. The molecule has 0 radical (unpaired) electrons. The number of nitrogens with one attached hydrogen (secondary N) is 1. The predicted molar refractivity (Wildman–Crippen MR) is 158 cm³/mol. The number of carbonyl (C=O) groups is 1. The van der Waals surface area contributed by atoms with Gasteiger partial charge in [-0.1, -0.05) is 57.9 Å². The number of carbonyl (C=O) groups excluding carboxylic acids is 1. The van der Waals surface area contributed by atoms with E-state index in [4.69, 9.17) is 25.9 Å². The van der Waals surface area contributed by atoms with E-state index in [-0.39, 0.29) is 27.6 Å². The maximum atomic E-state index is 13.3. The molecule has 3 aromatic carbocycles. The number of thioether (sulfide) groups is 1. The van der Waals surface area contributed by atoms with Crippen LogP contribution in [0.15, 0.2) is 97.8 Å². The highest BCUT2D eigenvalue weighted by Gasteiger charge is 2.58. The van der Waals surface area contributed by atoms with Crippen molar-refractivity contribution in [1.82, 2.24) is 10.3 Å². The van der Waals surface area contributed by atoms with Crippen LogP contribution in [0.4, 0.5) is 18.0 Å². The van der Waals surface area contributed by atoms with Crippen LogP contribution in [0.5, 0.6) is 5.75 Å². The number of nitrogens with zero attached hydrogens (tertiary/aromatic N) is 2. The van der Waals surface area contributed by atoms with Gasteiger partial charge in [0, 0.05) is 22.0 Å². The Morgan fingerprint density at radius 2 is 1.90 bits per heavy atom. The minimum atomic E-state index is -4.54. The van der Waals surface area contributed by atoms with Crippen molar-refractivity contribution in [3.05, 3.63) is 116 Å². The number of furan rings is 1. The molecule has 0 saturated carbocycles. The van der Waals surface area contributed by atoms with E-state index in [0.29, 0.717) is 22.8 Å². The van der Waals surface area contributed by atoms with Crippen molar-refractivity contribution in [2.45, 2.75) is 24.5 Å². The molecule has 2 unspecified atom stereocenters. The van der Waals surface area contributed by atoms with Crippen molar-refractivity contribution >= 4 is 56.3 Å². The van der Waals surface area contributed by atoms with Crippen molar-refractivity contribution in [3.63, 3.8) is 0 Å². The molecule has 0 aliphatic carbocycles. The average molecular weight is 673 g/mol. The van der Waals surface area contributed by atoms with Crippen molar-refractivity contribution < 1.29 is 27.1 Å². The molecule has 3 aliphatic rings. The van der Waals surface area contributed by atoms with Gasteiger partial charge in [-0.25, -0.2) is 5.01 Å². The largest absolute Gasteiger partial charge is 0.457 e. The molecule has 1 fully saturated rings. The van der Waals surface area contributed by atoms with Crippen LogP contribution in [0, 0.1) is 0 Å². The summed E-state index contributed by atoms with van der Waals surface area (Å²) < 4.78 is 53.4. The molecule has 42 heavy (non-hydrogen) atoms. The molecule has 6 nitrogen and oxygen atoms in total. The van der Waals surface area contributed by atoms with E-state index in [1.54, 1.807) is 17.2 Å². The number of amides is 1. The van der Waals surface area contributed by atoms with E-state index in [2.05, 4.69) is 21.2 Å². The fourth-order valence-corrected chi connectivity index (χ4v) is 6.77. The minimum absolute atomic E-state index is 0.101. The first kappa shape index (κ1) is 27.2. The Bertz CT molecular complexity index is 1810. The van der Waals surface area contributed by atoms with Crippen LogP contribution in [0.2, 0.25) is 5.02 Å². The fraction of sp³-hybridized carbons (Fsp3) is 0.133. The number of ether oxygens (including phenoxy) is 1. The van der Waals surface area contributed by atoms with Gasteiger partial charge in [0.05, 0.1) is 27.2 Å². The Morgan fingerprint density at radius 1 is 1.10 bits per heavy atom. The molecular formula is C30H18BrClF3N3O3S. The zero-order valence-corrected chi connectivity index (χ0v) is 24.4. The first-order chi connectivity index (χ1) is 20.1. The second-order valence-electron chi connectivity index (χ2n) is 9.82. The molecular weight excluding hydrogens is 655 g/mol. The molecule has 4 aromatic rings. The van der Waals surface area contributed by atoms with Gasteiger partial charge in [0.25, 0.3) is 5.24 Å². The van der Waals surface area contributed by atoms with E-state index in [1.807, 2.05) is 48.5 Å². The summed E-state index contributed by atoms with van der Waals surface area (Å²) in [6, 6.07) is 21.4. The van der Waals surface area contributed by atoms with Crippen LogP contribution in [-0.2, 0) is 6.18 Å². The van der Waals surface area contributed by atoms with Crippen molar-refractivity contribution in [2.75, 3.05) is 0 Å². The Labute approximate surface area is 255 Å². The number of benzene rings is 3. The monoisotopic (exact) mass is 671 g/mol. The fourth-order valence-electron chi connectivity index (χ4n) is 5.29. The molecule has 1 N–H and O–H groups in total. The highest BCUT2D eigenvalue weighted by atomic mass is 79.9. The zero-order valence-electron chi connectivity index (χ0n) is 21.3. The maximum absolute atomic E-state index is 13.3. The average Bonchev–Trinajstić information content (AvgIpc) is 3.68. The minimum Gasteiger partial charge on any atom is -0.457 e. The molecule has 1 spiro atoms. The number of halogens is 5. The number of fused-ring (bicyclic) bond motifs is 4. The summed E-state index contributed by atoms with van der Waals surface area (Å²) in [6.45, 7) is 0. The normalized spacial score (nSPS) is 22.2. The first-order valence-corrected chi connectivity index (χ1v) is 14.7. The van der Waals surface area contributed by atoms with Gasteiger partial charge >= 0.3 is 12.0 Å². The molecule has 0 bridgehead atoms. The van der Waals surface area contributed by atoms with Crippen LogP contribution in [0.1, 0.15) is 34.9 Å². The summed E-state index contributed by atoms with van der Waals surface area (Å²) in [5, 5.41) is 9.44. The Balaban J connectivity index is 1.32. The lowest BCUT2D eigenvalue weighted by Crippen LogP contribution is -2.61. The van der Waals surface area contributed by atoms with Gasteiger partial charge in [-0.05, 0) is 71.9 Å². The van der Waals surface area contributed by atoms with E-state index in [0.717, 1.165) is 45.2 Å². The van der Waals surface area contributed by atoms with Crippen LogP contribution >= 0.6 is 39.3 Å². The lowest BCUT2D eigenvalue weighted by Gasteiger charge is -2.45. The molecule has 3 aliphatic heterocycles. The van der Waals surface area contributed by atoms with E-state index in [9.17, 15) is 18.0 Å². The van der Waals surface area contributed by atoms with Crippen molar-refractivity contribution in [2.24, 2.45) is 5.10 Å². The number of hydrazone groups is 1. The second-order valence-corrected chi connectivity index (χ2v) is 12.2. The lowest BCUT2D eigenvalue weighted by molar-refractivity contribution is -0.137. The third-order valence-corrected chi connectivity index (χ3v) is 8.92.